The number of amides is 2. The number of allylic oxidation sites excluding steroid dienone is 1. The average Bonchev–Trinajstić information content (AvgIpc) is 3.14. The van der Waals surface area contributed by atoms with Crippen molar-refractivity contribution in [3.63, 3.8) is 0 Å². The number of nitrogens with one attached hydrogen (secondary N) is 3. The fourth-order valence-corrected chi connectivity index (χ4v) is 6.08. The van der Waals surface area contributed by atoms with Crippen LogP contribution in [0.4, 0.5) is 18.9 Å². The van der Waals surface area contributed by atoms with Crippen molar-refractivity contribution in [2.45, 2.75) is 46.5 Å². The number of benzene rings is 1. The molecule has 0 bridgehead atoms. The van der Waals surface area contributed by atoms with Crippen molar-refractivity contribution in [2.75, 3.05) is 65.4 Å². The summed E-state index contributed by atoms with van der Waals surface area (Å²) in [6.07, 6.45) is -2.73. The SMILES string of the molecule is C=Cc1c(C(=P)N2CCN(/C(C(=O)N(CC(=O)Nc3ccc(C(F)(F)F)cc3Cl)N=C)=C(\CC)NNCN(C)C)CC2)nc2n(c1=O)CCOC2.CC. The molecule has 2 aliphatic heterocycles. The second-order valence-electron chi connectivity index (χ2n) is 11.8. The Bertz CT molecular complexity index is 1760. The molecule has 3 heterocycles. The van der Waals surface area contributed by atoms with E-state index in [1.54, 1.807) is 4.57 Å². The van der Waals surface area contributed by atoms with Crippen molar-refractivity contribution in [3.8, 4) is 0 Å². The standard InChI is InChI=1S/C32H41ClF3N10O4P.C2H6/c1-6-21-27(40-25-18-50-15-14-45(25)29(21)48)31(51)44-12-10-43(11-13-44)28(23(7-2)41-38-19-42(4)5)30(49)46(37-3)17-26(47)39-24-9-8-20(16-22(24)33)32(34,35)36;1-2/h6,8-9,16,38,41,51H,1,3,7,10-15,17-19H2,2,4-5H3,(H,39,47);1-2H3/b28-23+;. The number of piperazine rings is 1. The van der Waals surface area contributed by atoms with Crippen LogP contribution in [0.2, 0.25) is 5.02 Å². The number of hydrazone groups is 1. The van der Waals surface area contributed by atoms with E-state index in [4.69, 9.17) is 21.3 Å². The molecule has 1 aromatic heterocycles. The predicted octanol–water partition coefficient (Wildman–Crippen LogP) is 3.67. The predicted molar refractivity (Wildman–Crippen MR) is 204 cm³/mol. The molecule has 0 spiro atoms. The summed E-state index contributed by atoms with van der Waals surface area (Å²) >= 11 is 6.02. The van der Waals surface area contributed by atoms with Crippen molar-refractivity contribution in [1.29, 1.82) is 0 Å². The van der Waals surface area contributed by atoms with Gasteiger partial charge in [-0.2, -0.15) is 18.3 Å². The molecule has 1 saturated heterocycles. The molecule has 53 heavy (non-hydrogen) atoms. The van der Waals surface area contributed by atoms with E-state index in [1.807, 2.05) is 49.6 Å². The normalized spacial score (nSPS) is 15.0. The fourth-order valence-electron chi connectivity index (χ4n) is 5.44. The lowest BCUT2D eigenvalue weighted by atomic mass is 10.1. The molecule has 0 radical (unpaired) electrons. The van der Waals surface area contributed by atoms with Gasteiger partial charge in [-0.3, -0.25) is 28.8 Å². The van der Waals surface area contributed by atoms with E-state index < -0.39 is 30.1 Å². The zero-order valence-corrected chi connectivity index (χ0v) is 32.3. The third-order valence-electron chi connectivity index (χ3n) is 8.06. The molecular formula is C34H47ClF3N10O4P. The monoisotopic (exact) mass is 782 g/mol. The van der Waals surface area contributed by atoms with Gasteiger partial charge in [0.1, 0.15) is 30.4 Å². The molecular weight excluding hydrogens is 736 g/mol. The van der Waals surface area contributed by atoms with Crippen LogP contribution in [-0.4, -0.2) is 113 Å². The van der Waals surface area contributed by atoms with Crippen LogP contribution in [0.15, 0.2) is 46.1 Å². The van der Waals surface area contributed by atoms with Crippen molar-refractivity contribution < 1.29 is 27.5 Å². The van der Waals surface area contributed by atoms with Crippen LogP contribution in [0.25, 0.3) is 6.08 Å². The quantitative estimate of drug-likeness (QED) is 0.0856. The molecule has 4 rings (SSSR count). The molecule has 19 heteroatoms. The Balaban J connectivity index is 0.00000372. The van der Waals surface area contributed by atoms with E-state index in [-0.39, 0.29) is 28.6 Å². The number of ether oxygens (including phenoxy) is 1. The van der Waals surface area contributed by atoms with Gasteiger partial charge in [0.25, 0.3) is 11.5 Å². The number of anilines is 1. The Morgan fingerprint density at radius 3 is 2.38 bits per heavy atom. The van der Waals surface area contributed by atoms with E-state index in [0.717, 1.165) is 17.1 Å². The third-order valence-corrected chi connectivity index (χ3v) is 8.93. The molecule has 0 unspecified atom stereocenters. The molecule has 14 nitrogen and oxygen atoms in total. The summed E-state index contributed by atoms with van der Waals surface area (Å²) in [6, 6.07) is 2.53. The molecule has 290 valence electrons. The summed E-state index contributed by atoms with van der Waals surface area (Å²) in [5.41, 5.74) is 7.09. The van der Waals surface area contributed by atoms with Crippen molar-refractivity contribution in [3.05, 3.63) is 74.2 Å². The second-order valence-corrected chi connectivity index (χ2v) is 12.7. The lowest BCUT2D eigenvalue weighted by Gasteiger charge is -2.39. The highest BCUT2D eigenvalue weighted by atomic mass is 35.5. The van der Waals surface area contributed by atoms with Gasteiger partial charge in [-0.25, -0.2) is 15.4 Å². The minimum absolute atomic E-state index is 0.0632. The first kappa shape index (κ1) is 43.3. The van der Waals surface area contributed by atoms with Crippen LogP contribution in [0, 0.1) is 0 Å². The molecule has 2 amide bonds. The highest BCUT2D eigenvalue weighted by Gasteiger charge is 2.33. The number of aromatic nitrogens is 2. The van der Waals surface area contributed by atoms with Gasteiger partial charge in [-0.1, -0.05) is 53.9 Å². The van der Waals surface area contributed by atoms with Crippen molar-refractivity contribution in [1.82, 2.24) is 40.1 Å². The maximum Gasteiger partial charge on any atom is 0.416 e. The van der Waals surface area contributed by atoms with Gasteiger partial charge in [-0.05, 0) is 38.7 Å². The first-order valence-corrected chi connectivity index (χ1v) is 17.8. The molecule has 2 aromatic rings. The van der Waals surface area contributed by atoms with Crippen LogP contribution in [0.5, 0.6) is 0 Å². The number of nitrogens with zero attached hydrogens (tertiary/aromatic N) is 7. The number of fused-ring (bicyclic) bond motifs is 1. The Morgan fingerprint density at radius 1 is 1.15 bits per heavy atom. The maximum absolute atomic E-state index is 14.2. The molecule has 0 aliphatic carbocycles. The van der Waals surface area contributed by atoms with E-state index in [9.17, 15) is 27.6 Å². The van der Waals surface area contributed by atoms with Crippen LogP contribution in [0.3, 0.4) is 0 Å². The molecule has 0 atom stereocenters. The summed E-state index contributed by atoms with van der Waals surface area (Å²) in [7, 11) is 7.46. The van der Waals surface area contributed by atoms with Gasteiger partial charge in [0.2, 0.25) is 5.91 Å². The molecule has 3 N–H and O–H groups in total. The molecule has 2 aliphatic rings. The van der Waals surface area contributed by atoms with Crippen molar-refractivity contribution >= 4 is 56.2 Å². The number of hydrogen-bond acceptors (Lipinski definition) is 10. The maximum atomic E-state index is 14.2. The smallest absolute Gasteiger partial charge is 0.372 e. The summed E-state index contributed by atoms with van der Waals surface area (Å²) in [5.74, 6) is -0.875. The Hall–Kier alpha value is -4.12. The van der Waals surface area contributed by atoms with Crippen LogP contribution in [0.1, 0.15) is 49.8 Å². The number of hydrogen-bond donors (Lipinski definition) is 3. The Morgan fingerprint density at radius 2 is 1.81 bits per heavy atom. The summed E-state index contributed by atoms with van der Waals surface area (Å²) in [6.45, 7) is 15.6. The van der Waals surface area contributed by atoms with Gasteiger partial charge in [0, 0.05) is 32.9 Å². The van der Waals surface area contributed by atoms with Gasteiger partial charge >= 0.3 is 6.18 Å². The van der Waals surface area contributed by atoms with E-state index in [0.29, 0.717) is 86.7 Å². The fraction of sp³-hybridized carbons (Fsp3) is 0.471. The third kappa shape index (κ3) is 11.0. The number of carbonyl (C=O) groups is 2. The highest BCUT2D eigenvalue weighted by Crippen LogP contribution is 2.33. The second kappa shape index (κ2) is 19.8. The first-order valence-electron chi connectivity index (χ1n) is 16.9. The lowest BCUT2D eigenvalue weighted by molar-refractivity contribution is -0.137. The minimum Gasteiger partial charge on any atom is -0.372 e. The van der Waals surface area contributed by atoms with Gasteiger partial charge < -0.3 is 20.4 Å². The van der Waals surface area contributed by atoms with E-state index in [2.05, 4.69) is 43.4 Å². The average molecular weight is 783 g/mol. The van der Waals surface area contributed by atoms with Gasteiger partial charge in [0.05, 0.1) is 52.8 Å². The first-order chi connectivity index (χ1) is 25.2. The summed E-state index contributed by atoms with van der Waals surface area (Å²) < 4.78 is 46.4. The molecule has 1 aromatic carbocycles. The van der Waals surface area contributed by atoms with Gasteiger partial charge in [0.15, 0.2) is 0 Å². The van der Waals surface area contributed by atoms with Gasteiger partial charge in [-0.15, -0.1) is 0 Å². The Kier molecular flexibility index (Phi) is 16.2. The number of carbonyl (C=O) groups excluding carboxylic acids is 2. The van der Waals surface area contributed by atoms with Crippen LogP contribution in [-0.2, 0) is 33.7 Å². The van der Waals surface area contributed by atoms with Crippen molar-refractivity contribution in [2.24, 2.45) is 5.10 Å². The zero-order valence-electron chi connectivity index (χ0n) is 30.6. The largest absolute Gasteiger partial charge is 0.416 e. The number of rotatable bonds is 14. The molecule has 1 fully saturated rings. The van der Waals surface area contributed by atoms with Crippen LogP contribution < -0.4 is 21.7 Å². The number of hydrazine groups is 1. The highest BCUT2D eigenvalue weighted by molar-refractivity contribution is 7.21. The lowest BCUT2D eigenvalue weighted by Crippen LogP contribution is -2.52. The summed E-state index contributed by atoms with van der Waals surface area (Å²) in [5, 5.41) is 6.81. The zero-order chi connectivity index (χ0) is 39.5. The summed E-state index contributed by atoms with van der Waals surface area (Å²) in [4.78, 5) is 50.9. The van der Waals surface area contributed by atoms with E-state index >= 15 is 0 Å². The van der Waals surface area contributed by atoms with Crippen LogP contribution >= 0.6 is 20.5 Å². The number of halogens is 4. The topological polar surface area (TPSA) is 140 Å². The van der Waals surface area contributed by atoms with E-state index in [1.165, 1.54) is 6.08 Å². The number of alkyl halides is 3. The minimum atomic E-state index is -4.61. The molecule has 0 saturated carbocycles. The Labute approximate surface area is 314 Å².